The molecule has 360 valence electrons. The molecular formula is C48H58N10O10. The van der Waals surface area contributed by atoms with Crippen LogP contribution in [0.2, 0.25) is 0 Å². The Morgan fingerprint density at radius 2 is 1.50 bits per heavy atom. The molecule has 3 amide bonds. The zero-order valence-electron chi connectivity index (χ0n) is 39.5. The van der Waals surface area contributed by atoms with Crippen LogP contribution in [-0.4, -0.2) is 92.7 Å². The van der Waals surface area contributed by atoms with Crippen LogP contribution in [-0.2, 0) is 36.9 Å². The lowest BCUT2D eigenvalue weighted by Crippen LogP contribution is -2.44. The molecule has 0 spiro atoms. The van der Waals surface area contributed by atoms with Crippen molar-refractivity contribution in [3.05, 3.63) is 85.9 Å². The van der Waals surface area contributed by atoms with Crippen LogP contribution in [0.25, 0.3) is 44.9 Å². The summed E-state index contributed by atoms with van der Waals surface area (Å²) >= 11 is 0. The number of imidazole rings is 1. The molecule has 68 heavy (non-hydrogen) atoms. The van der Waals surface area contributed by atoms with Gasteiger partial charge in [0, 0.05) is 42.9 Å². The van der Waals surface area contributed by atoms with Crippen LogP contribution in [0.3, 0.4) is 0 Å². The lowest BCUT2D eigenvalue weighted by Gasteiger charge is -2.20. The van der Waals surface area contributed by atoms with E-state index in [9.17, 15) is 44.3 Å². The number of alkyl carbamates (subject to hydrolysis) is 1. The topological polar surface area (TPSA) is 289 Å². The van der Waals surface area contributed by atoms with E-state index >= 15 is 0 Å². The molecule has 1 unspecified atom stereocenters. The zero-order valence-corrected chi connectivity index (χ0v) is 39.5. The van der Waals surface area contributed by atoms with E-state index in [1.54, 1.807) is 33.8 Å². The summed E-state index contributed by atoms with van der Waals surface area (Å²) < 4.78 is 6.65. The number of H-pyrrole nitrogens is 2. The van der Waals surface area contributed by atoms with Crippen molar-refractivity contribution in [1.82, 2.24) is 40.1 Å². The number of hydrogen-bond donors (Lipinski definition) is 7. The first kappa shape index (κ1) is 49.8. The number of aromatic nitrogens is 6. The average Bonchev–Trinajstić information content (AvgIpc) is 4.02. The molecule has 0 saturated heterocycles. The fraction of sp³-hybridized carbons (Fsp3) is 0.417. The number of carboxylic acid groups (broad SMARTS) is 2. The van der Waals surface area contributed by atoms with Gasteiger partial charge in [-0.25, -0.2) is 24.3 Å². The summed E-state index contributed by atoms with van der Waals surface area (Å²) in [5.74, 6) is -2.93. The van der Waals surface area contributed by atoms with Gasteiger partial charge >= 0.3 is 23.8 Å². The minimum Gasteiger partial charge on any atom is -0.481 e. The van der Waals surface area contributed by atoms with Gasteiger partial charge in [-0.1, -0.05) is 0 Å². The SMILES string of the molecule is CC1=Cc2cc3[nH]c(cc4nc(cc5[nH]c(cc1n2)c(C)c5CCC(=O)O)C(CCC(=O)O)=C4C)c(NC(=O)C(CCCCNC(=O)OC(C)(C)C)NC(=O)CCn1c([N+](=O)[O-])cnc1C)c3C. The highest BCUT2D eigenvalue weighted by molar-refractivity contribution is 6.03. The second-order valence-electron chi connectivity index (χ2n) is 18.0. The van der Waals surface area contributed by atoms with Crippen molar-refractivity contribution in [1.29, 1.82) is 0 Å². The average molecular weight is 935 g/mol. The van der Waals surface area contributed by atoms with Gasteiger partial charge in [-0.15, -0.1) is 0 Å². The van der Waals surface area contributed by atoms with Crippen molar-refractivity contribution >= 4 is 86.2 Å². The summed E-state index contributed by atoms with van der Waals surface area (Å²) in [6.45, 7) is 14.6. The standard InChI is InChI=1S/C48H58N10O10/c1-25-19-30-20-35-28(4)45(56-46(64)33(11-9-10-17-49-47(65)68-48(6,7)8)55-41(59)16-18-57-29(5)50-24-42(57)58(66)67)40(54-35)22-37-27(3)32(13-15-44(62)63)39(53-37)23-38-31(12-14-43(60)61)26(2)36(52-38)21-34(25)51-30/h19-24,33,52,54H,9-18H2,1-8H3,(H,49,65)(H,55,59)(H,56,64)(H,60,61)(H,62,63). The molecule has 8 bridgehead atoms. The molecule has 0 fully saturated rings. The quantitative estimate of drug-likeness (QED) is 0.0284. The van der Waals surface area contributed by atoms with E-state index in [-0.39, 0.29) is 57.4 Å². The van der Waals surface area contributed by atoms with E-state index in [1.807, 2.05) is 52.0 Å². The van der Waals surface area contributed by atoms with Crippen molar-refractivity contribution in [2.75, 3.05) is 11.9 Å². The minimum absolute atomic E-state index is 0.0554. The summed E-state index contributed by atoms with van der Waals surface area (Å²) in [6, 6.07) is 6.25. The molecule has 4 aromatic heterocycles. The summed E-state index contributed by atoms with van der Waals surface area (Å²) in [5.41, 5.74) is 8.97. The highest BCUT2D eigenvalue weighted by atomic mass is 16.6. The van der Waals surface area contributed by atoms with E-state index in [4.69, 9.17) is 14.7 Å². The molecule has 0 aromatic carbocycles. The number of carbonyl (C=O) groups is 5. The molecule has 4 aromatic rings. The number of nitrogens with one attached hydrogen (secondary N) is 5. The predicted octanol–water partition coefficient (Wildman–Crippen LogP) is 7.93. The van der Waals surface area contributed by atoms with Gasteiger partial charge in [-0.3, -0.25) is 19.2 Å². The van der Waals surface area contributed by atoms with E-state index in [0.717, 1.165) is 28.4 Å². The number of ether oxygens (including phenoxy) is 1. The number of unbranched alkanes of at least 4 members (excludes halogenated alkanes) is 1. The van der Waals surface area contributed by atoms with Gasteiger partial charge in [0.15, 0.2) is 5.82 Å². The van der Waals surface area contributed by atoms with Crippen molar-refractivity contribution in [2.45, 2.75) is 125 Å². The second kappa shape index (κ2) is 20.9. The Balaban J connectivity index is 1.43. The van der Waals surface area contributed by atoms with Gasteiger partial charge in [0.05, 0.1) is 40.4 Å². The van der Waals surface area contributed by atoms with E-state index in [1.165, 1.54) is 4.57 Å². The van der Waals surface area contributed by atoms with Crippen molar-refractivity contribution in [3.8, 4) is 0 Å². The zero-order chi connectivity index (χ0) is 49.6. The highest BCUT2D eigenvalue weighted by Crippen LogP contribution is 2.36. The molecule has 20 heteroatoms. The molecule has 20 nitrogen and oxygen atoms in total. The van der Waals surface area contributed by atoms with Crippen LogP contribution in [0.4, 0.5) is 16.3 Å². The Morgan fingerprint density at radius 3 is 2.19 bits per heavy atom. The van der Waals surface area contributed by atoms with Crippen LogP contribution < -0.4 is 16.0 Å². The molecule has 0 radical (unpaired) electrons. The summed E-state index contributed by atoms with van der Waals surface area (Å²) in [5, 5.41) is 39.5. The maximum atomic E-state index is 14.5. The molecule has 6 heterocycles. The van der Waals surface area contributed by atoms with Crippen LogP contribution in [0.1, 0.15) is 125 Å². The Labute approximate surface area is 391 Å². The lowest BCUT2D eigenvalue weighted by atomic mass is 10.0. The molecule has 1 atom stereocenters. The highest BCUT2D eigenvalue weighted by Gasteiger charge is 2.26. The monoisotopic (exact) mass is 934 g/mol. The Bertz CT molecular complexity index is 2910. The lowest BCUT2D eigenvalue weighted by molar-refractivity contribution is -0.392. The summed E-state index contributed by atoms with van der Waals surface area (Å²) in [4.78, 5) is 95.8. The number of hydrogen-bond acceptors (Lipinski definition) is 11. The number of anilines is 1. The molecule has 0 aliphatic carbocycles. The number of nitro groups is 1. The molecule has 7 N–H and O–H groups in total. The van der Waals surface area contributed by atoms with Gasteiger partial charge in [0.25, 0.3) is 0 Å². The minimum atomic E-state index is -1.08. The second-order valence-corrected chi connectivity index (χ2v) is 18.0. The third kappa shape index (κ3) is 12.2. The van der Waals surface area contributed by atoms with Gasteiger partial charge in [-0.2, -0.15) is 0 Å². The fourth-order valence-corrected chi connectivity index (χ4v) is 8.14. The number of allylic oxidation sites excluding steroid dienone is 3. The summed E-state index contributed by atoms with van der Waals surface area (Å²) in [7, 11) is 0. The van der Waals surface area contributed by atoms with Gasteiger partial charge in [0.1, 0.15) is 24.4 Å². The number of nitrogens with zero attached hydrogens (tertiary/aromatic N) is 5. The smallest absolute Gasteiger partial charge is 0.407 e. The van der Waals surface area contributed by atoms with Gasteiger partial charge in [0.2, 0.25) is 11.8 Å². The van der Waals surface area contributed by atoms with E-state index < -0.39 is 46.4 Å². The number of aryl methyl sites for hydroxylation is 4. The third-order valence-electron chi connectivity index (χ3n) is 11.8. The molecule has 6 rings (SSSR count). The molecule has 0 saturated carbocycles. The predicted molar refractivity (Wildman–Crippen MR) is 256 cm³/mol. The number of carboxylic acids is 2. The molecular weight excluding hydrogens is 877 g/mol. The number of rotatable bonds is 18. The largest absolute Gasteiger partial charge is 0.481 e. The number of fused-ring (bicyclic) bond motifs is 8. The first-order valence-corrected chi connectivity index (χ1v) is 22.4. The van der Waals surface area contributed by atoms with Crippen molar-refractivity contribution < 1.29 is 43.8 Å². The maximum absolute atomic E-state index is 14.5. The number of carbonyl (C=O) groups excluding carboxylic acids is 3. The molecule has 2 aliphatic heterocycles. The van der Waals surface area contributed by atoms with Crippen LogP contribution in [0.15, 0.2) is 30.5 Å². The normalized spacial score (nSPS) is 12.9. The Hall–Kier alpha value is -7.64. The van der Waals surface area contributed by atoms with E-state index in [2.05, 4.69) is 30.9 Å². The van der Waals surface area contributed by atoms with Crippen molar-refractivity contribution in [3.63, 3.8) is 0 Å². The van der Waals surface area contributed by atoms with Crippen molar-refractivity contribution in [2.24, 2.45) is 0 Å². The van der Waals surface area contributed by atoms with Crippen LogP contribution >= 0.6 is 0 Å². The Morgan fingerprint density at radius 1 is 0.838 bits per heavy atom. The Kier molecular flexibility index (Phi) is 15.3. The fourth-order valence-electron chi connectivity index (χ4n) is 8.14. The number of amides is 3. The molecule has 2 aliphatic rings. The van der Waals surface area contributed by atoms with E-state index in [0.29, 0.717) is 80.4 Å². The third-order valence-corrected chi connectivity index (χ3v) is 11.8. The van der Waals surface area contributed by atoms with Crippen LogP contribution in [0.5, 0.6) is 0 Å². The maximum Gasteiger partial charge on any atom is 0.407 e. The van der Waals surface area contributed by atoms with Gasteiger partial charge < -0.3 is 51.0 Å². The van der Waals surface area contributed by atoms with Crippen LogP contribution in [0, 0.1) is 30.9 Å². The number of aromatic amines is 2. The van der Waals surface area contributed by atoms with Gasteiger partial charge in [-0.05, 0) is 149 Å². The number of aliphatic carboxylic acids is 2. The summed E-state index contributed by atoms with van der Waals surface area (Å²) in [6.07, 6.45) is 3.40. The first-order chi connectivity index (χ1) is 32.1. The first-order valence-electron chi connectivity index (χ1n) is 22.4.